The third-order valence-corrected chi connectivity index (χ3v) is 3.59. The fourth-order valence-corrected chi connectivity index (χ4v) is 2.52. The van der Waals surface area contributed by atoms with Crippen LogP contribution in [0.1, 0.15) is 15.9 Å². The molecule has 21 heavy (non-hydrogen) atoms. The van der Waals surface area contributed by atoms with Crippen molar-refractivity contribution in [1.82, 2.24) is 4.57 Å². The van der Waals surface area contributed by atoms with Crippen molar-refractivity contribution in [2.24, 2.45) is 0 Å². The summed E-state index contributed by atoms with van der Waals surface area (Å²) >= 11 is 5.97. The highest BCUT2D eigenvalue weighted by molar-refractivity contribution is 6.31. The molecule has 0 radical (unpaired) electrons. The van der Waals surface area contributed by atoms with Crippen LogP contribution in [0.3, 0.4) is 0 Å². The Morgan fingerprint density at radius 2 is 1.95 bits per heavy atom. The standard InChI is InChI=1S/C16H10ClF2NO/c17-12-2-4-14-11(9-21)8-20(16(14)5-12)7-10-1-3-13(18)6-15(10)19/h1-6,8-9H,7H2. The van der Waals surface area contributed by atoms with Gasteiger partial charge >= 0.3 is 0 Å². The van der Waals surface area contributed by atoms with E-state index in [0.717, 1.165) is 23.3 Å². The van der Waals surface area contributed by atoms with Crippen LogP contribution in [0.2, 0.25) is 5.02 Å². The molecule has 0 aliphatic heterocycles. The average Bonchev–Trinajstić information content (AvgIpc) is 2.79. The summed E-state index contributed by atoms with van der Waals surface area (Å²) in [5.41, 5.74) is 1.57. The summed E-state index contributed by atoms with van der Waals surface area (Å²) in [6.07, 6.45) is 2.38. The number of rotatable bonds is 3. The molecular formula is C16H10ClF2NO. The first-order chi connectivity index (χ1) is 10.1. The molecule has 0 aliphatic carbocycles. The number of hydrogen-bond donors (Lipinski definition) is 0. The van der Waals surface area contributed by atoms with Gasteiger partial charge in [-0.15, -0.1) is 0 Å². The molecule has 0 unspecified atom stereocenters. The predicted octanol–water partition coefficient (Wildman–Crippen LogP) is 4.43. The molecule has 0 saturated carbocycles. The zero-order valence-corrected chi connectivity index (χ0v) is 11.6. The summed E-state index contributed by atoms with van der Waals surface area (Å²) in [6.45, 7) is 0.191. The van der Waals surface area contributed by atoms with E-state index in [1.54, 1.807) is 29.0 Å². The van der Waals surface area contributed by atoms with Gasteiger partial charge in [0.15, 0.2) is 6.29 Å². The van der Waals surface area contributed by atoms with Gasteiger partial charge in [0, 0.05) is 33.8 Å². The largest absolute Gasteiger partial charge is 0.342 e. The second-order valence-corrected chi connectivity index (χ2v) is 5.16. The van der Waals surface area contributed by atoms with Crippen LogP contribution in [0.5, 0.6) is 0 Å². The van der Waals surface area contributed by atoms with Crippen molar-refractivity contribution in [2.75, 3.05) is 0 Å². The number of nitrogens with zero attached hydrogens (tertiary/aromatic N) is 1. The predicted molar refractivity (Wildman–Crippen MR) is 77.8 cm³/mol. The van der Waals surface area contributed by atoms with E-state index in [4.69, 9.17) is 11.6 Å². The van der Waals surface area contributed by atoms with E-state index in [0.29, 0.717) is 16.1 Å². The molecule has 0 fully saturated rings. The molecule has 3 rings (SSSR count). The molecule has 1 heterocycles. The summed E-state index contributed by atoms with van der Waals surface area (Å²) in [5, 5.41) is 1.27. The Hall–Kier alpha value is -2.20. The molecule has 0 bridgehead atoms. The zero-order chi connectivity index (χ0) is 15.0. The van der Waals surface area contributed by atoms with E-state index in [2.05, 4.69) is 0 Å². The van der Waals surface area contributed by atoms with Gasteiger partial charge in [-0.2, -0.15) is 0 Å². The van der Waals surface area contributed by atoms with Crippen LogP contribution in [0.25, 0.3) is 10.9 Å². The number of halogens is 3. The van der Waals surface area contributed by atoms with Crippen molar-refractivity contribution in [2.45, 2.75) is 6.54 Å². The van der Waals surface area contributed by atoms with Gasteiger partial charge in [-0.25, -0.2) is 8.78 Å². The second kappa shape index (κ2) is 5.30. The van der Waals surface area contributed by atoms with E-state index < -0.39 is 11.6 Å². The molecule has 106 valence electrons. The lowest BCUT2D eigenvalue weighted by atomic mass is 10.2. The molecule has 3 aromatic rings. The molecule has 0 spiro atoms. The summed E-state index contributed by atoms with van der Waals surface area (Å²) < 4.78 is 28.4. The van der Waals surface area contributed by atoms with Crippen molar-refractivity contribution >= 4 is 28.8 Å². The highest BCUT2D eigenvalue weighted by Gasteiger charge is 2.11. The number of carbonyl (C=O) groups excluding carboxylic acids is 1. The highest BCUT2D eigenvalue weighted by atomic mass is 35.5. The zero-order valence-electron chi connectivity index (χ0n) is 10.8. The molecule has 2 aromatic carbocycles. The Morgan fingerprint density at radius 1 is 1.14 bits per heavy atom. The maximum absolute atomic E-state index is 13.8. The molecule has 5 heteroatoms. The van der Waals surface area contributed by atoms with E-state index in [1.807, 2.05) is 0 Å². The van der Waals surface area contributed by atoms with Gasteiger partial charge in [-0.05, 0) is 18.2 Å². The first-order valence-electron chi connectivity index (χ1n) is 6.26. The number of fused-ring (bicyclic) bond motifs is 1. The maximum Gasteiger partial charge on any atom is 0.152 e. The molecule has 0 saturated heterocycles. The second-order valence-electron chi connectivity index (χ2n) is 4.73. The van der Waals surface area contributed by atoms with Crippen LogP contribution in [0.15, 0.2) is 42.6 Å². The van der Waals surface area contributed by atoms with Crippen LogP contribution in [0.4, 0.5) is 8.78 Å². The van der Waals surface area contributed by atoms with Crippen LogP contribution in [-0.4, -0.2) is 10.9 Å². The van der Waals surface area contributed by atoms with Crippen molar-refractivity contribution in [1.29, 1.82) is 0 Å². The van der Waals surface area contributed by atoms with E-state index in [9.17, 15) is 13.6 Å². The minimum Gasteiger partial charge on any atom is -0.342 e. The number of carbonyl (C=O) groups is 1. The molecule has 0 N–H and O–H groups in total. The number of aldehydes is 1. The number of hydrogen-bond acceptors (Lipinski definition) is 1. The van der Waals surface area contributed by atoms with Gasteiger partial charge in [-0.3, -0.25) is 4.79 Å². The van der Waals surface area contributed by atoms with Crippen LogP contribution in [0, 0.1) is 11.6 Å². The summed E-state index contributed by atoms with van der Waals surface area (Å²) in [5.74, 6) is -1.24. The fraction of sp³-hybridized carbons (Fsp3) is 0.0625. The van der Waals surface area contributed by atoms with Gasteiger partial charge in [0.2, 0.25) is 0 Å². The van der Waals surface area contributed by atoms with Gasteiger partial charge in [0.1, 0.15) is 11.6 Å². The highest BCUT2D eigenvalue weighted by Crippen LogP contribution is 2.25. The Bertz CT molecular complexity index is 842. The normalized spacial score (nSPS) is 11.0. The third-order valence-electron chi connectivity index (χ3n) is 3.36. The molecule has 0 atom stereocenters. The average molecular weight is 306 g/mol. The lowest BCUT2D eigenvalue weighted by Gasteiger charge is -2.07. The molecule has 1 aromatic heterocycles. The first-order valence-corrected chi connectivity index (χ1v) is 6.64. The lowest BCUT2D eigenvalue weighted by Crippen LogP contribution is -2.01. The maximum atomic E-state index is 13.8. The Balaban J connectivity index is 2.11. The van der Waals surface area contributed by atoms with Crippen LogP contribution >= 0.6 is 11.6 Å². The topological polar surface area (TPSA) is 22.0 Å². The van der Waals surface area contributed by atoms with E-state index in [-0.39, 0.29) is 6.54 Å². The minimum atomic E-state index is -0.620. The van der Waals surface area contributed by atoms with Crippen molar-refractivity contribution in [3.63, 3.8) is 0 Å². The first kappa shape index (κ1) is 13.8. The van der Waals surface area contributed by atoms with Crippen molar-refractivity contribution in [3.05, 3.63) is 70.4 Å². The summed E-state index contributed by atoms with van der Waals surface area (Å²) in [6, 6.07) is 8.60. The molecule has 2 nitrogen and oxygen atoms in total. The quantitative estimate of drug-likeness (QED) is 0.656. The smallest absolute Gasteiger partial charge is 0.152 e. The van der Waals surface area contributed by atoms with Crippen molar-refractivity contribution in [3.8, 4) is 0 Å². The van der Waals surface area contributed by atoms with Gasteiger partial charge < -0.3 is 4.57 Å². The summed E-state index contributed by atoms with van der Waals surface area (Å²) in [4.78, 5) is 11.1. The Morgan fingerprint density at radius 3 is 2.67 bits per heavy atom. The monoisotopic (exact) mass is 305 g/mol. The molecular weight excluding hydrogens is 296 g/mol. The SMILES string of the molecule is O=Cc1cn(Cc2ccc(F)cc2F)c2cc(Cl)ccc12. The summed E-state index contributed by atoms with van der Waals surface area (Å²) in [7, 11) is 0. The van der Waals surface area contributed by atoms with E-state index >= 15 is 0 Å². The number of benzene rings is 2. The Kier molecular flexibility index (Phi) is 3.47. The van der Waals surface area contributed by atoms with Crippen molar-refractivity contribution < 1.29 is 13.6 Å². The third kappa shape index (κ3) is 2.54. The fourth-order valence-electron chi connectivity index (χ4n) is 2.35. The van der Waals surface area contributed by atoms with E-state index in [1.165, 1.54) is 12.1 Å². The van der Waals surface area contributed by atoms with Gasteiger partial charge in [0.05, 0.1) is 12.1 Å². The Labute approximate surface area is 124 Å². The number of aromatic nitrogens is 1. The lowest BCUT2D eigenvalue weighted by molar-refractivity contribution is 0.112. The van der Waals surface area contributed by atoms with Crippen LogP contribution < -0.4 is 0 Å². The molecule has 0 aliphatic rings. The molecule has 0 amide bonds. The minimum absolute atomic E-state index is 0.191. The van der Waals surface area contributed by atoms with Gasteiger partial charge in [0.25, 0.3) is 0 Å². The van der Waals surface area contributed by atoms with Crippen LogP contribution in [-0.2, 0) is 6.54 Å². The van der Waals surface area contributed by atoms with Gasteiger partial charge in [-0.1, -0.05) is 23.7 Å².